The molecule has 0 unspecified atom stereocenters. The molecular formula is C6HCl2F2NO. The Labute approximate surface area is 76.1 Å². The van der Waals surface area contributed by atoms with E-state index in [0.717, 1.165) is 0 Å². The molecule has 0 aliphatic carbocycles. The standard InChI is InChI=1S/C6HCl2F2NO/c7-4-2(6(10)12)1-3(9)5(8)11-4/h1H. The van der Waals surface area contributed by atoms with Gasteiger partial charge < -0.3 is 0 Å². The summed E-state index contributed by atoms with van der Waals surface area (Å²) in [7, 11) is 0. The highest BCUT2D eigenvalue weighted by atomic mass is 35.5. The zero-order chi connectivity index (χ0) is 9.30. The first-order valence-electron chi connectivity index (χ1n) is 2.73. The first-order chi connectivity index (χ1) is 5.52. The normalized spacial score (nSPS) is 10.0. The van der Waals surface area contributed by atoms with Gasteiger partial charge in [0.1, 0.15) is 5.15 Å². The highest BCUT2D eigenvalue weighted by molar-refractivity contribution is 6.34. The first kappa shape index (κ1) is 9.35. The maximum atomic E-state index is 12.5. The largest absolute Gasteiger partial charge is 0.335 e. The van der Waals surface area contributed by atoms with Crippen LogP contribution in [0.1, 0.15) is 10.4 Å². The van der Waals surface area contributed by atoms with Crippen molar-refractivity contribution in [2.24, 2.45) is 0 Å². The van der Waals surface area contributed by atoms with Crippen molar-refractivity contribution >= 4 is 29.2 Å². The van der Waals surface area contributed by atoms with Crippen LogP contribution in [0.4, 0.5) is 8.78 Å². The van der Waals surface area contributed by atoms with Crippen LogP contribution in [-0.4, -0.2) is 11.0 Å². The van der Waals surface area contributed by atoms with E-state index in [1.54, 1.807) is 0 Å². The van der Waals surface area contributed by atoms with Crippen LogP contribution in [0.5, 0.6) is 0 Å². The van der Waals surface area contributed by atoms with Crippen LogP contribution in [0.25, 0.3) is 0 Å². The van der Waals surface area contributed by atoms with Gasteiger partial charge in [-0.05, 0) is 6.07 Å². The van der Waals surface area contributed by atoms with Crippen LogP contribution in [0.2, 0.25) is 10.3 Å². The summed E-state index contributed by atoms with van der Waals surface area (Å²) in [5, 5.41) is -0.945. The molecule has 0 atom stereocenters. The minimum atomic E-state index is -1.84. The number of aromatic nitrogens is 1. The van der Waals surface area contributed by atoms with Crippen LogP contribution in [0, 0.1) is 5.82 Å². The summed E-state index contributed by atoms with van der Waals surface area (Å²) >= 11 is 10.5. The molecule has 0 N–H and O–H groups in total. The van der Waals surface area contributed by atoms with E-state index in [1.165, 1.54) is 0 Å². The van der Waals surface area contributed by atoms with Crippen molar-refractivity contribution in [2.75, 3.05) is 0 Å². The molecule has 0 spiro atoms. The molecule has 0 aliphatic rings. The van der Waals surface area contributed by atoms with Gasteiger partial charge in [-0.3, -0.25) is 4.79 Å². The van der Waals surface area contributed by atoms with E-state index < -0.39 is 27.7 Å². The van der Waals surface area contributed by atoms with Crippen LogP contribution in [-0.2, 0) is 0 Å². The van der Waals surface area contributed by atoms with E-state index in [1.807, 2.05) is 0 Å². The minimum absolute atomic E-state index is 0.450. The fourth-order valence-electron chi connectivity index (χ4n) is 0.583. The summed E-state index contributed by atoms with van der Waals surface area (Å²) in [5.74, 6) is -0.984. The molecule has 1 rings (SSSR count). The Bertz CT molecular complexity index is 343. The van der Waals surface area contributed by atoms with E-state index >= 15 is 0 Å². The molecule has 1 heterocycles. The molecule has 1 aromatic rings. The van der Waals surface area contributed by atoms with Crippen LogP contribution in [0.3, 0.4) is 0 Å². The van der Waals surface area contributed by atoms with Gasteiger partial charge in [-0.2, -0.15) is 4.39 Å². The molecule has 0 saturated carbocycles. The van der Waals surface area contributed by atoms with E-state index in [4.69, 9.17) is 23.2 Å². The number of nitrogens with zero attached hydrogens (tertiary/aromatic N) is 1. The number of halogens is 4. The Hall–Kier alpha value is -0.740. The zero-order valence-electron chi connectivity index (χ0n) is 5.44. The number of carbonyl (C=O) groups excluding carboxylic acids is 1. The number of pyridine rings is 1. The Morgan fingerprint density at radius 2 is 2.00 bits per heavy atom. The van der Waals surface area contributed by atoms with Gasteiger partial charge in [-0.25, -0.2) is 9.37 Å². The summed E-state index contributed by atoms with van der Waals surface area (Å²) in [6, 6.07) is -1.25. The summed E-state index contributed by atoms with van der Waals surface area (Å²) in [5.41, 5.74) is -0.626. The second kappa shape index (κ2) is 3.33. The molecule has 0 amide bonds. The smallest absolute Gasteiger partial charge is 0.255 e. The second-order valence-electron chi connectivity index (χ2n) is 1.87. The number of rotatable bonds is 1. The van der Waals surface area contributed by atoms with Crippen molar-refractivity contribution in [2.45, 2.75) is 0 Å². The molecule has 2 nitrogen and oxygen atoms in total. The third-order valence-electron chi connectivity index (χ3n) is 1.10. The van der Waals surface area contributed by atoms with E-state index in [2.05, 4.69) is 4.98 Å². The lowest BCUT2D eigenvalue weighted by Crippen LogP contribution is -1.96. The SMILES string of the molecule is O=C(F)c1cc(F)c(Cl)nc1Cl. The van der Waals surface area contributed by atoms with Crippen LogP contribution in [0.15, 0.2) is 6.07 Å². The molecule has 0 saturated heterocycles. The molecule has 0 aromatic carbocycles. The Kier molecular flexibility index (Phi) is 2.59. The lowest BCUT2D eigenvalue weighted by atomic mass is 10.3. The van der Waals surface area contributed by atoms with Crippen LogP contribution < -0.4 is 0 Å². The topological polar surface area (TPSA) is 30.0 Å². The summed E-state index contributed by atoms with van der Waals surface area (Å²) in [6.45, 7) is 0. The minimum Gasteiger partial charge on any atom is -0.255 e. The molecule has 0 bridgehead atoms. The molecule has 0 radical (unpaired) electrons. The van der Waals surface area contributed by atoms with Gasteiger partial charge in [0.25, 0.3) is 0 Å². The highest BCUT2D eigenvalue weighted by Gasteiger charge is 2.14. The third-order valence-corrected chi connectivity index (χ3v) is 1.65. The Morgan fingerprint density at radius 3 is 2.50 bits per heavy atom. The molecule has 1 aromatic heterocycles. The first-order valence-corrected chi connectivity index (χ1v) is 3.49. The van der Waals surface area contributed by atoms with Gasteiger partial charge in [0, 0.05) is 0 Å². The molecular weight excluding hydrogens is 211 g/mol. The van der Waals surface area contributed by atoms with Crippen molar-refractivity contribution in [3.05, 3.63) is 27.8 Å². The predicted molar refractivity (Wildman–Crippen MR) is 39.7 cm³/mol. The van der Waals surface area contributed by atoms with Gasteiger partial charge in [0.2, 0.25) is 0 Å². The van der Waals surface area contributed by atoms with Gasteiger partial charge in [0.15, 0.2) is 11.0 Å². The van der Waals surface area contributed by atoms with Crippen molar-refractivity contribution < 1.29 is 13.6 Å². The second-order valence-corrected chi connectivity index (χ2v) is 2.59. The summed E-state index contributed by atoms with van der Waals surface area (Å²) in [6.07, 6.45) is 0. The van der Waals surface area contributed by atoms with Crippen LogP contribution >= 0.6 is 23.2 Å². The molecule has 6 heteroatoms. The zero-order valence-corrected chi connectivity index (χ0v) is 6.96. The highest BCUT2D eigenvalue weighted by Crippen LogP contribution is 2.20. The average molecular weight is 212 g/mol. The Balaban J connectivity index is 3.33. The van der Waals surface area contributed by atoms with Crippen molar-refractivity contribution in [3.8, 4) is 0 Å². The van der Waals surface area contributed by atoms with E-state index in [9.17, 15) is 13.6 Å². The monoisotopic (exact) mass is 211 g/mol. The quantitative estimate of drug-likeness (QED) is 0.529. The fraction of sp³-hybridized carbons (Fsp3) is 0. The van der Waals surface area contributed by atoms with Crippen molar-refractivity contribution in [1.82, 2.24) is 4.98 Å². The third kappa shape index (κ3) is 1.70. The fourth-order valence-corrected chi connectivity index (χ4v) is 0.979. The molecule has 64 valence electrons. The average Bonchev–Trinajstić information content (AvgIpc) is 1.96. The maximum absolute atomic E-state index is 12.5. The van der Waals surface area contributed by atoms with E-state index in [0.29, 0.717) is 6.07 Å². The maximum Gasteiger partial charge on any atom is 0.335 e. The number of hydrogen-bond acceptors (Lipinski definition) is 2. The molecule has 0 aliphatic heterocycles. The van der Waals surface area contributed by atoms with E-state index in [-0.39, 0.29) is 0 Å². The lowest BCUT2D eigenvalue weighted by molar-refractivity contribution is 0.0835. The van der Waals surface area contributed by atoms with Crippen molar-refractivity contribution in [1.29, 1.82) is 0 Å². The summed E-state index contributed by atoms with van der Waals surface area (Å²) in [4.78, 5) is 13.3. The van der Waals surface area contributed by atoms with Gasteiger partial charge >= 0.3 is 6.04 Å². The molecule has 0 fully saturated rings. The number of hydrogen-bond donors (Lipinski definition) is 0. The van der Waals surface area contributed by atoms with Gasteiger partial charge in [-0.15, -0.1) is 0 Å². The Morgan fingerprint density at radius 1 is 1.42 bits per heavy atom. The predicted octanol–water partition coefficient (Wildman–Crippen LogP) is 2.64. The lowest BCUT2D eigenvalue weighted by Gasteiger charge is -1.97. The molecule has 12 heavy (non-hydrogen) atoms. The summed E-state index contributed by atoms with van der Waals surface area (Å²) < 4.78 is 24.6. The number of carbonyl (C=O) groups is 1. The van der Waals surface area contributed by atoms with Crippen molar-refractivity contribution in [3.63, 3.8) is 0 Å². The van der Waals surface area contributed by atoms with Gasteiger partial charge in [0.05, 0.1) is 5.56 Å². The van der Waals surface area contributed by atoms with Gasteiger partial charge in [-0.1, -0.05) is 23.2 Å².